The van der Waals surface area contributed by atoms with Gasteiger partial charge in [-0.3, -0.25) is 9.59 Å². The van der Waals surface area contributed by atoms with Crippen molar-refractivity contribution in [2.75, 3.05) is 6.54 Å². The van der Waals surface area contributed by atoms with Gasteiger partial charge in [0, 0.05) is 6.04 Å². The number of fused-ring (bicyclic) bond motifs is 1. The molecule has 1 heterocycles. The second-order valence-electron chi connectivity index (χ2n) is 6.29. The zero-order valence-corrected chi connectivity index (χ0v) is 11.1. The molecule has 3 rings (SSSR count). The van der Waals surface area contributed by atoms with Crippen LogP contribution >= 0.6 is 0 Å². The minimum absolute atomic E-state index is 0.0450. The standard InChI is InChI=1S/C14H22N2O3/c17-13(12-11-3-1-2-9(11)7-15-12)16-10-5-4-8(6-10)14(18)19/h8-12,15H,1-7H2,(H,16,17)(H,18,19)/t8-,9?,10+,11?,12?/m1/s1. The molecule has 106 valence electrons. The highest BCUT2D eigenvalue weighted by molar-refractivity contribution is 5.83. The molecular weight excluding hydrogens is 244 g/mol. The summed E-state index contributed by atoms with van der Waals surface area (Å²) >= 11 is 0. The third-order valence-corrected chi connectivity index (χ3v) is 5.16. The summed E-state index contributed by atoms with van der Waals surface area (Å²) in [5.41, 5.74) is 0. The molecule has 0 aromatic rings. The third kappa shape index (κ3) is 2.48. The number of rotatable bonds is 3. The second-order valence-corrected chi connectivity index (χ2v) is 6.29. The molecule has 1 amide bonds. The molecule has 5 atom stereocenters. The lowest BCUT2D eigenvalue weighted by Crippen LogP contribution is -2.47. The predicted molar refractivity (Wildman–Crippen MR) is 69.5 cm³/mol. The van der Waals surface area contributed by atoms with Gasteiger partial charge in [-0.25, -0.2) is 0 Å². The maximum Gasteiger partial charge on any atom is 0.306 e. The molecule has 5 nitrogen and oxygen atoms in total. The average molecular weight is 266 g/mol. The summed E-state index contributed by atoms with van der Waals surface area (Å²) in [6, 6.07) is 0.00670. The van der Waals surface area contributed by atoms with Crippen molar-refractivity contribution < 1.29 is 14.7 Å². The number of carboxylic acids is 1. The number of hydrogen-bond donors (Lipinski definition) is 3. The molecule has 0 radical (unpaired) electrons. The summed E-state index contributed by atoms with van der Waals surface area (Å²) < 4.78 is 0. The summed E-state index contributed by atoms with van der Waals surface area (Å²) in [5.74, 6) is 0.251. The van der Waals surface area contributed by atoms with Crippen molar-refractivity contribution in [3.63, 3.8) is 0 Å². The number of aliphatic carboxylic acids is 1. The van der Waals surface area contributed by atoms with Gasteiger partial charge in [0.1, 0.15) is 0 Å². The Kier molecular flexibility index (Phi) is 3.48. The van der Waals surface area contributed by atoms with Gasteiger partial charge in [0.15, 0.2) is 0 Å². The van der Waals surface area contributed by atoms with Crippen LogP contribution in [0.25, 0.3) is 0 Å². The topological polar surface area (TPSA) is 78.4 Å². The molecule has 3 unspecified atom stereocenters. The average Bonchev–Trinajstić information content (AvgIpc) is 3.03. The first-order valence-corrected chi connectivity index (χ1v) is 7.41. The highest BCUT2D eigenvalue weighted by Gasteiger charge is 2.43. The Balaban J connectivity index is 1.53. The van der Waals surface area contributed by atoms with Gasteiger partial charge in [-0.2, -0.15) is 0 Å². The van der Waals surface area contributed by atoms with Gasteiger partial charge in [0.2, 0.25) is 5.91 Å². The first-order chi connectivity index (χ1) is 9.15. The lowest BCUT2D eigenvalue weighted by Gasteiger charge is -2.20. The van der Waals surface area contributed by atoms with Gasteiger partial charge in [0.05, 0.1) is 12.0 Å². The second kappa shape index (κ2) is 5.12. The maximum absolute atomic E-state index is 12.3. The molecule has 1 aliphatic heterocycles. The van der Waals surface area contributed by atoms with Crippen molar-refractivity contribution in [3.05, 3.63) is 0 Å². The van der Waals surface area contributed by atoms with Crippen LogP contribution in [0.4, 0.5) is 0 Å². The quantitative estimate of drug-likeness (QED) is 0.704. The Morgan fingerprint density at radius 3 is 2.74 bits per heavy atom. The SMILES string of the molecule is O=C(N[C@H]1CC[C@@H](C(=O)O)C1)C1NCC2CCCC21. The first kappa shape index (κ1) is 12.9. The van der Waals surface area contributed by atoms with Crippen molar-refractivity contribution in [3.8, 4) is 0 Å². The van der Waals surface area contributed by atoms with E-state index in [1.165, 1.54) is 12.8 Å². The molecule has 0 aromatic heterocycles. The minimum Gasteiger partial charge on any atom is -0.481 e. The van der Waals surface area contributed by atoms with E-state index in [0.717, 1.165) is 19.4 Å². The van der Waals surface area contributed by atoms with E-state index in [1.807, 2.05) is 0 Å². The van der Waals surface area contributed by atoms with Crippen LogP contribution in [0.2, 0.25) is 0 Å². The van der Waals surface area contributed by atoms with Crippen LogP contribution in [0.1, 0.15) is 38.5 Å². The molecule has 1 saturated heterocycles. The zero-order valence-electron chi connectivity index (χ0n) is 11.1. The number of carboxylic acid groups (broad SMARTS) is 1. The molecule has 2 saturated carbocycles. The number of carbonyl (C=O) groups excluding carboxylic acids is 1. The van der Waals surface area contributed by atoms with Crippen LogP contribution < -0.4 is 10.6 Å². The van der Waals surface area contributed by atoms with E-state index < -0.39 is 5.97 Å². The largest absolute Gasteiger partial charge is 0.481 e. The van der Waals surface area contributed by atoms with E-state index in [4.69, 9.17) is 5.11 Å². The highest BCUT2D eigenvalue weighted by Crippen LogP contribution is 2.38. The molecule has 3 fully saturated rings. The van der Waals surface area contributed by atoms with Crippen LogP contribution in [-0.2, 0) is 9.59 Å². The van der Waals surface area contributed by atoms with E-state index in [2.05, 4.69) is 10.6 Å². The van der Waals surface area contributed by atoms with E-state index >= 15 is 0 Å². The summed E-state index contributed by atoms with van der Waals surface area (Å²) in [5, 5.41) is 15.4. The van der Waals surface area contributed by atoms with E-state index in [9.17, 15) is 9.59 Å². The number of amides is 1. The molecule has 2 aliphatic carbocycles. The summed E-state index contributed by atoms with van der Waals surface area (Å²) in [7, 11) is 0. The number of hydrogen-bond acceptors (Lipinski definition) is 3. The Morgan fingerprint density at radius 1 is 1.16 bits per heavy atom. The monoisotopic (exact) mass is 266 g/mol. The Labute approximate surface area is 113 Å². The number of carbonyl (C=O) groups is 2. The molecule has 0 spiro atoms. The van der Waals surface area contributed by atoms with E-state index in [1.54, 1.807) is 0 Å². The molecule has 3 N–H and O–H groups in total. The van der Waals surface area contributed by atoms with Crippen molar-refractivity contribution in [2.45, 2.75) is 50.6 Å². The normalized spacial score (nSPS) is 41.2. The summed E-state index contributed by atoms with van der Waals surface area (Å²) in [6.45, 7) is 0.963. The Bertz CT molecular complexity index is 385. The predicted octanol–water partition coefficient (Wildman–Crippen LogP) is 0.744. The van der Waals surface area contributed by atoms with E-state index in [0.29, 0.717) is 24.7 Å². The van der Waals surface area contributed by atoms with Crippen molar-refractivity contribution in [1.29, 1.82) is 0 Å². The van der Waals surface area contributed by atoms with Gasteiger partial charge in [-0.1, -0.05) is 6.42 Å². The molecule has 19 heavy (non-hydrogen) atoms. The molecule has 0 aromatic carbocycles. The van der Waals surface area contributed by atoms with Crippen LogP contribution in [0.5, 0.6) is 0 Å². The fraction of sp³-hybridized carbons (Fsp3) is 0.857. The van der Waals surface area contributed by atoms with Crippen LogP contribution in [-0.4, -0.2) is 35.6 Å². The van der Waals surface area contributed by atoms with Crippen molar-refractivity contribution in [2.24, 2.45) is 17.8 Å². The van der Waals surface area contributed by atoms with E-state index in [-0.39, 0.29) is 23.9 Å². The van der Waals surface area contributed by atoms with Crippen LogP contribution in [0, 0.1) is 17.8 Å². The maximum atomic E-state index is 12.3. The molecular formula is C14H22N2O3. The Hall–Kier alpha value is -1.10. The van der Waals surface area contributed by atoms with Gasteiger partial charge >= 0.3 is 5.97 Å². The lowest BCUT2D eigenvalue weighted by atomic mass is 9.93. The smallest absolute Gasteiger partial charge is 0.306 e. The van der Waals surface area contributed by atoms with Crippen LogP contribution in [0.3, 0.4) is 0 Å². The number of nitrogens with one attached hydrogen (secondary N) is 2. The van der Waals surface area contributed by atoms with Gasteiger partial charge in [-0.15, -0.1) is 0 Å². The van der Waals surface area contributed by atoms with Crippen molar-refractivity contribution >= 4 is 11.9 Å². The van der Waals surface area contributed by atoms with Gasteiger partial charge < -0.3 is 15.7 Å². The fourth-order valence-electron chi connectivity index (χ4n) is 4.10. The van der Waals surface area contributed by atoms with Gasteiger partial charge in [-0.05, 0) is 50.5 Å². The molecule has 0 bridgehead atoms. The zero-order chi connectivity index (χ0) is 13.4. The highest BCUT2D eigenvalue weighted by atomic mass is 16.4. The third-order valence-electron chi connectivity index (χ3n) is 5.16. The first-order valence-electron chi connectivity index (χ1n) is 7.41. The minimum atomic E-state index is -0.730. The van der Waals surface area contributed by atoms with Crippen molar-refractivity contribution in [1.82, 2.24) is 10.6 Å². The lowest BCUT2D eigenvalue weighted by molar-refractivity contribution is -0.141. The summed E-state index contributed by atoms with van der Waals surface area (Å²) in [6.07, 6.45) is 5.70. The van der Waals surface area contributed by atoms with Crippen LogP contribution in [0.15, 0.2) is 0 Å². The fourth-order valence-corrected chi connectivity index (χ4v) is 4.10. The Morgan fingerprint density at radius 2 is 2.00 bits per heavy atom. The van der Waals surface area contributed by atoms with Gasteiger partial charge in [0.25, 0.3) is 0 Å². The summed E-state index contributed by atoms with van der Waals surface area (Å²) in [4.78, 5) is 23.2. The molecule has 3 aliphatic rings. The molecule has 5 heteroatoms.